The topological polar surface area (TPSA) is 40.5 Å². The maximum Gasteiger partial charge on any atom is 0.0774 e. The Balaban J connectivity index is 2.62. The van der Waals surface area contributed by atoms with Crippen LogP contribution in [0.5, 0.6) is 0 Å². The molecule has 0 spiro atoms. The smallest absolute Gasteiger partial charge is 0.0774 e. The highest BCUT2D eigenvalue weighted by Crippen LogP contribution is 2.22. The normalized spacial score (nSPS) is 12.9. The molecule has 0 aliphatic carbocycles. The van der Waals surface area contributed by atoms with Gasteiger partial charge in [-0.15, -0.1) is 0 Å². The van der Waals surface area contributed by atoms with Crippen LogP contribution >= 0.6 is 31.9 Å². The van der Waals surface area contributed by atoms with E-state index in [-0.39, 0.29) is 6.61 Å². The highest BCUT2D eigenvalue weighted by atomic mass is 79.9. The Hall–Kier alpha value is 0.1000. The minimum atomic E-state index is -0.624. The third-order valence-corrected chi connectivity index (χ3v) is 3.23. The summed E-state index contributed by atoms with van der Waals surface area (Å²) in [5.74, 6) is 0. The Kier molecular flexibility index (Phi) is 5.09. The van der Waals surface area contributed by atoms with Gasteiger partial charge in [-0.2, -0.15) is 0 Å². The number of aryl methyl sites for hydroxylation is 1. The molecule has 1 rings (SSSR count). The standard InChI is InChI=1S/C10H12Br2O2/c11-8-2-4-10(12)7(5-8)1-3-9(14)6-13/h2,4-5,9,13-14H,1,3,6H2. The Labute approximate surface area is 100 Å². The van der Waals surface area contributed by atoms with Crippen LogP contribution in [0.2, 0.25) is 0 Å². The quantitative estimate of drug-likeness (QED) is 0.893. The monoisotopic (exact) mass is 322 g/mol. The van der Waals surface area contributed by atoms with E-state index in [9.17, 15) is 5.11 Å². The molecule has 78 valence electrons. The van der Waals surface area contributed by atoms with Gasteiger partial charge in [0.1, 0.15) is 0 Å². The number of rotatable bonds is 4. The van der Waals surface area contributed by atoms with E-state index < -0.39 is 6.10 Å². The van der Waals surface area contributed by atoms with Gasteiger partial charge in [-0.3, -0.25) is 0 Å². The van der Waals surface area contributed by atoms with Gasteiger partial charge in [0.2, 0.25) is 0 Å². The number of hydrogen-bond acceptors (Lipinski definition) is 2. The molecule has 0 heterocycles. The van der Waals surface area contributed by atoms with Crippen LogP contribution in [0.3, 0.4) is 0 Å². The fourth-order valence-electron chi connectivity index (χ4n) is 1.15. The van der Waals surface area contributed by atoms with Gasteiger partial charge >= 0.3 is 0 Å². The molecule has 0 bridgehead atoms. The molecule has 4 heteroatoms. The lowest BCUT2D eigenvalue weighted by atomic mass is 10.1. The van der Waals surface area contributed by atoms with Crippen LogP contribution in [-0.2, 0) is 6.42 Å². The van der Waals surface area contributed by atoms with Gasteiger partial charge in [0.15, 0.2) is 0 Å². The van der Waals surface area contributed by atoms with Crippen LogP contribution in [0.4, 0.5) is 0 Å². The fourth-order valence-corrected chi connectivity index (χ4v) is 2.00. The molecule has 1 aromatic carbocycles. The van der Waals surface area contributed by atoms with Crippen LogP contribution in [0, 0.1) is 0 Å². The van der Waals surface area contributed by atoms with Crippen molar-refractivity contribution in [3.63, 3.8) is 0 Å². The lowest BCUT2D eigenvalue weighted by molar-refractivity contribution is 0.0885. The first-order valence-corrected chi connectivity index (χ1v) is 5.95. The lowest BCUT2D eigenvalue weighted by Gasteiger charge is -2.08. The van der Waals surface area contributed by atoms with E-state index in [1.165, 1.54) is 0 Å². The van der Waals surface area contributed by atoms with Crippen molar-refractivity contribution < 1.29 is 10.2 Å². The molecule has 1 atom stereocenters. The number of aliphatic hydroxyl groups is 2. The average molecular weight is 324 g/mol. The third-order valence-electron chi connectivity index (χ3n) is 1.97. The van der Waals surface area contributed by atoms with Crippen molar-refractivity contribution in [2.75, 3.05) is 6.61 Å². The van der Waals surface area contributed by atoms with Crippen molar-refractivity contribution >= 4 is 31.9 Å². The first kappa shape index (κ1) is 12.2. The lowest BCUT2D eigenvalue weighted by Crippen LogP contribution is -2.12. The molecule has 14 heavy (non-hydrogen) atoms. The van der Waals surface area contributed by atoms with Crippen molar-refractivity contribution in [2.24, 2.45) is 0 Å². The summed E-state index contributed by atoms with van der Waals surface area (Å²) in [5, 5.41) is 17.9. The van der Waals surface area contributed by atoms with E-state index >= 15 is 0 Å². The molecular formula is C10H12Br2O2. The molecule has 2 N–H and O–H groups in total. The van der Waals surface area contributed by atoms with E-state index in [0.29, 0.717) is 6.42 Å². The van der Waals surface area contributed by atoms with Gasteiger partial charge in [0.25, 0.3) is 0 Å². The zero-order valence-electron chi connectivity index (χ0n) is 7.58. The molecule has 0 fully saturated rings. The molecule has 1 aromatic rings. The molecule has 0 aliphatic heterocycles. The van der Waals surface area contributed by atoms with Gasteiger partial charge < -0.3 is 10.2 Å². The molecule has 2 nitrogen and oxygen atoms in total. The molecule has 0 aliphatic rings. The summed E-state index contributed by atoms with van der Waals surface area (Å²) in [6.45, 7) is -0.175. The Morgan fingerprint density at radius 1 is 1.29 bits per heavy atom. The zero-order valence-corrected chi connectivity index (χ0v) is 10.8. The van der Waals surface area contributed by atoms with Crippen LogP contribution in [0.15, 0.2) is 27.1 Å². The van der Waals surface area contributed by atoms with Crippen molar-refractivity contribution in [3.05, 3.63) is 32.7 Å². The summed E-state index contributed by atoms with van der Waals surface area (Å²) < 4.78 is 2.06. The first-order chi connectivity index (χ1) is 6.63. The van der Waals surface area contributed by atoms with Crippen LogP contribution in [0.25, 0.3) is 0 Å². The summed E-state index contributed by atoms with van der Waals surface area (Å²) in [7, 11) is 0. The number of benzene rings is 1. The largest absolute Gasteiger partial charge is 0.394 e. The molecule has 0 aromatic heterocycles. The van der Waals surface area contributed by atoms with E-state index in [1.807, 2.05) is 18.2 Å². The summed E-state index contributed by atoms with van der Waals surface area (Å²) in [5.41, 5.74) is 1.13. The molecule has 0 radical (unpaired) electrons. The number of aliphatic hydroxyl groups excluding tert-OH is 2. The average Bonchev–Trinajstić information content (AvgIpc) is 2.19. The van der Waals surface area contributed by atoms with Crippen LogP contribution in [0.1, 0.15) is 12.0 Å². The molecule has 0 saturated heterocycles. The molecule has 0 saturated carbocycles. The minimum absolute atomic E-state index is 0.175. The van der Waals surface area contributed by atoms with E-state index in [1.54, 1.807) is 0 Å². The molecule has 0 amide bonds. The molecular weight excluding hydrogens is 312 g/mol. The maximum absolute atomic E-state index is 9.20. The summed E-state index contributed by atoms with van der Waals surface area (Å²) >= 11 is 6.83. The SMILES string of the molecule is OCC(O)CCc1cc(Br)ccc1Br. The highest BCUT2D eigenvalue weighted by Gasteiger charge is 2.05. The minimum Gasteiger partial charge on any atom is -0.394 e. The second kappa shape index (κ2) is 5.85. The first-order valence-electron chi connectivity index (χ1n) is 4.36. The van der Waals surface area contributed by atoms with Crippen molar-refractivity contribution in [1.29, 1.82) is 0 Å². The second-order valence-corrected chi connectivity index (χ2v) is 4.88. The predicted octanol–water partition coefficient (Wildman–Crippen LogP) is 2.50. The Morgan fingerprint density at radius 3 is 2.64 bits per heavy atom. The fraction of sp³-hybridized carbons (Fsp3) is 0.400. The van der Waals surface area contributed by atoms with E-state index in [0.717, 1.165) is 20.9 Å². The third kappa shape index (κ3) is 3.69. The summed E-state index contributed by atoms with van der Waals surface area (Å²) in [6, 6.07) is 5.93. The van der Waals surface area contributed by atoms with Gasteiger partial charge in [0.05, 0.1) is 12.7 Å². The van der Waals surface area contributed by atoms with E-state index in [2.05, 4.69) is 31.9 Å². The van der Waals surface area contributed by atoms with Crippen LogP contribution in [-0.4, -0.2) is 22.9 Å². The molecule has 1 unspecified atom stereocenters. The van der Waals surface area contributed by atoms with Gasteiger partial charge in [-0.05, 0) is 36.6 Å². The van der Waals surface area contributed by atoms with E-state index in [4.69, 9.17) is 5.11 Å². The van der Waals surface area contributed by atoms with Gasteiger partial charge in [-0.25, -0.2) is 0 Å². The van der Waals surface area contributed by atoms with Crippen LogP contribution < -0.4 is 0 Å². The zero-order chi connectivity index (χ0) is 10.6. The van der Waals surface area contributed by atoms with Crippen molar-refractivity contribution in [2.45, 2.75) is 18.9 Å². The Bertz CT molecular complexity index is 302. The maximum atomic E-state index is 9.20. The summed E-state index contributed by atoms with van der Waals surface area (Å²) in [6.07, 6.45) is 0.703. The van der Waals surface area contributed by atoms with Crippen molar-refractivity contribution in [1.82, 2.24) is 0 Å². The Morgan fingerprint density at radius 2 is 2.00 bits per heavy atom. The number of hydrogen-bond donors (Lipinski definition) is 2. The number of halogens is 2. The van der Waals surface area contributed by atoms with Crippen molar-refractivity contribution in [3.8, 4) is 0 Å². The second-order valence-electron chi connectivity index (χ2n) is 3.11. The van der Waals surface area contributed by atoms with Gasteiger partial charge in [0, 0.05) is 8.95 Å². The summed E-state index contributed by atoms with van der Waals surface area (Å²) in [4.78, 5) is 0. The van der Waals surface area contributed by atoms with Gasteiger partial charge in [-0.1, -0.05) is 31.9 Å². The predicted molar refractivity (Wildman–Crippen MR) is 63.3 cm³/mol. The highest BCUT2D eigenvalue weighted by molar-refractivity contribution is 9.11.